The van der Waals surface area contributed by atoms with Crippen molar-refractivity contribution in [2.45, 2.75) is 39.3 Å². The SMILES string of the molecule is CC(N)C(c1ccc(Cl)cc1)N1CCC(C)(C)C1. The molecule has 2 atom stereocenters. The minimum Gasteiger partial charge on any atom is -0.326 e. The zero-order chi connectivity index (χ0) is 13.3. The van der Waals surface area contributed by atoms with Gasteiger partial charge in [-0.15, -0.1) is 0 Å². The zero-order valence-electron chi connectivity index (χ0n) is 11.5. The lowest BCUT2D eigenvalue weighted by molar-refractivity contribution is 0.197. The van der Waals surface area contributed by atoms with Gasteiger partial charge in [0.2, 0.25) is 0 Å². The highest BCUT2D eigenvalue weighted by molar-refractivity contribution is 6.30. The van der Waals surface area contributed by atoms with Crippen molar-refractivity contribution >= 4 is 11.6 Å². The van der Waals surface area contributed by atoms with Crippen molar-refractivity contribution in [2.75, 3.05) is 13.1 Å². The summed E-state index contributed by atoms with van der Waals surface area (Å²) in [7, 11) is 0. The summed E-state index contributed by atoms with van der Waals surface area (Å²) < 4.78 is 0. The van der Waals surface area contributed by atoms with Gasteiger partial charge >= 0.3 is 0 Å². The van der Waals surface area contributed by atoms with E-state index in [0.717, 1.165) is 18.1 Å². The second kappa shape index (κ2) is 5.20. The Labute approximate surface area is 115 Å². The molecule has 1 heterocycles. The lowest BCUT2D eigenvalue weighted by Crippen LogP contribution is -2.39. The fourth-order valence-corrected chi connectivity index (χ4v) is 3.02. The lowest BCUT2D eigenvalue weighted by Gasteiger charge is -2.32. The smallest absolute Gasteiger partial charge is 0.0496 e. The maximum Gasteiger partial charge on any atom is 0.0496 e. The first-order valence-corrected chi connectivity index (χ1v) is 7.02. The van der Waals surface area contributed by atoms with Crippen molar-refractivity contribution in [1.82, 2.24) is 4.90 Å². The van der Waals surface area contributed by atoms with E-state index in [1.807, 2.05) is 12.1 Å². The monoisotopic (exact) mass is 266 g/mol. The Hall–Kier alpha value is -0.570. The molecule has 0 amide bonds. The summed E-state index contributed by atoms with van der Waals surface area (Å²) in [6, 6.07) is 8.52. The lowest BCUT2D eigenvalue weighted by atomic mass is 9.93. The highest BCUT2D eigenvalue weighted by atomic mass is 35.5. The van der Waals surface area contributed by atoms with Gasteiger partial charge in [0.15, 0.2) is 0 Å². The highest BCUT2D eigenvalue weighted by Crippen LogP contribution is 2.36. The van der Waals surface area contributed by atoms with Gasteiger partial charge < -0.3 is 5.73 Å². The van der Waals surface area contributed by atoms with Crippen molar-refractivity contribution in [1.29, 1.82) is 0 Å². The van der Waals surface area contributed by atoms with E-state index in [-0.39, 0.29) is 6.04 Å². The number of nitrogens with two attached hydrogens (primary N) is 1. The molecule has 0 radical (unpaired) electrons. The van der Waals surface area contributed by atoms with Gasteiger partial charge in [0.05, 0.1) is 0 Å². The third kappa shape index (κ3) is 3.05. The molecule has 3 heteroatoms. The van der Waals surface area contributed by atoms with E-state index in [1.54, 1.807) is 0 Å². The molecule has 1 aromatic rings. The fourth-order valence-electron chi connectivity index (χ4n) is 2.90. The van der Waals surface area contributed by atoms with Gasteiger partial charge in [-0.25, -0.2) is 0 Å². The third-order valence-electron chi connectivity index (χ3n) is 3.81. The zero-order valence-corrected chi connectivity index (χ0v) is 12.2. The summed E-state index contributed by atoms with van der Waals surface area (Å²) in [6.07, 6.45) is 1.24. The van der Waals surface area contributed by atoms with Gasteiger partial charge in [-0.3, -0.25) is 4.90 Å². The van der Waals surface area contributed by atoms with E-state index in [4.69, 9.17) is 17.3 Å². The van der Waals surface area contributed by atoms with Crippen LogP contribution in [0.2, 0.25) is 5.02 Å². The maximum atomic E-state index is 6.20. The molecule has 100 valence electrons. The number of benzene rings is 1. The Balaban J connectivity index is 2.21. The van der Waals surface area contributed by atoms with Gasteiger partial charge in [-0.1, -0.05) is 37.6 Å². The normalized spacial score (nSPS) is 22.9. The molecular formula is C15H23ClN2. The van der Waals surface area contributed by atoms with Crippen LogP contribution in [0.15, 0.2) is 24.3 Å². The molecule has 18 heavy (non-hydrogen) atoms. The van der Waals surface area contributed by atoms with Gasteiger partial charge in [0.1, 0.15) is 0 Å². The highest BCUT2D eigenvalue weighted by Gasteiger charge is 2.35. The minimum atomic E-state index is 0.125. The molecule has 2 rings (SSSR count). The van der Waals surface area contributed by atoms with Crippen molar-refractivity contribution < 1.29 is 0 Å². The number of hydrogen-bond acceptors (Lipinski definition) is 2. The molecule has 1 saturated heterocycles. The molecule has 1 aliphatic rings. The van der Waals surface area contributed by atoms with Gasteiger partial charge in [0.25, 0.3) is 0 Å². The molecule has 2 nitrogen and oxygen atoms in total. The summed E-state index contributed by atoms with van der Waals surface area (Å²) in [5.41, 5.74) is 7.87. The van der Waals surface area contributed by atoms with E-state index >= 15 is 0 Å². The van der Waals surface area contributed by atoms with Gasteiger partial charge in [0, 0.05) is 23.7 Å². The van der Waals surface area contributed by atoms with E-state index in [2.05, 4.69) is 37.8 Å². The first kappa shape index (κ1) is 13.9. The van der Waals surface area contributed by atoms with Crippen molar-refractivity contribution in [3.63, 3.8) is 0 Å². The molecule has 0 saturated carbocycles. The van der Waals surface area contributed by atoms with E-state index in [1.165, 1.54) is 12.0 Å². The second-order valence-electron chi connectivity index (χ2n) is 6.24. The average molecular weight is 267 g/mol. The molecule has 1 aromatic carbocycles. The average Bonchev–Trinajstić information content (AvgIpc) is 2.61. The molecule has 1 fully saturated rings. The van der Waals surface area contributed by atoms with Crippen LogP contribution in [0.3, 0.4) is 0 Å². The molecular weight excluding hydrogens is 244 g/mol. The van der Waals surface area contributed by atoms with Crippen LogP contribution >= 0.6 is 11.6 Å². The first-order valence-electron chi connectivity index (χ1n) is 6.64. The summed E-state index contributed by atoms with van der Waals surface area (Å²) in [5.74, 6) is 0. The van der Waals surface area contributed by atoms with Crippen LogP contribution in [0.25, 0.3) is 0 Å². The molecule has 0 aromatic heterocycles. The number of nitrogens with zero attached hydrogens (tertiary/aromatic N) is 1. The number of hydrogen-bond donors (Lipinski definition) is 1. The van der Waals surface area contributed by atoms with Gasteiger partial charge in [-0.2, -0.15) is 0 Å². The van der Waals surface area contributed by atoms with Crippen LogP contribution in [-0.2, 0) is 0 Å². The fraction of sp³-hybridized carbons (Fsp3) is 0.600. The Morgan fingerprint density at radius 2 is 1.89 bits per heavy atom. The summed E-state index contributed by atoms with van der Waals surface area (Å²) >= 11 is 5.96. The van der Waals surface area contributed by atoms with Crippen LogP contribution < -0.4 is 5.73 Å². The molecule has 2 unspecified atom stereocenters. The summed E-state index contributed by atoms with van der Waals surface area (Å²) in [6.45, 7) is 8.98. The predicted octanol–water partition coefficient (Wildman–Crippen LogP) is 3.46. The van der Waals surface area contributed by atoms with Crippen molar-refractivity contribution in [3.8, 4) is 0 Å². The van der Waals surface area contributed by atoms with Crippen molar-refractivity contribution in [3.05, 3.63) is 34.9 Å². The molecule has 0 bridgehead atoms. The van der Waals surface area contributed by atoms with E-state index in [9.17, 15) is 0 Å². The molecule has 0 spiro atoms. The third-order valence-corrected chi connectivity index (χ3v) is 4.06. The van der Waals surface area contributed by atoms with E-state index in [0.29, 0.717) is 11.5 Å². The Morgan fingerprint density at radius 3 is 2.33 bits per heavy atom. The summed E-state index contributed by atoms with van der Waals surface area (Å²) in [4.78, 5) is 2.51. The quantitative estimate of drug-likeness (QED) is 0.908. The van der Waals surface area contributed by atoms with Crippen LogP contribution in [0, 0.1) is 5.41 Å². The molecule has 0 aliphatic carbocycles. The Morgan fingerprint density at radius 1 is 1.28 bits per heavy atom. The predicted molar refractivity (Wildman–Crippen MR) is 77.8 cm³/mol. The first-order chi connectivity index (χ1) is 8.39. The van der Waals surface area contributed by atoms with Gasteiger partial charge in [-0.05, 0) is 43.0 Å². The molecule has 2 N–H and O–H groups in total. The summed E-state index contributed by atoms with van der Waals surface area (Å²) in [5, 5.41) is 0.781. The Bertz CT molecular complexity index is 397. The van der Waals surface area contributed by atoms with Crippen LogP contribution in [-0.4, -0.2) is 24.0 Å². The van der Waals surface area contributed by atoms with Crippen molar-refractivity contribution in [2.24, 2.45) is 11.1 Å². The molecule has 1 aliphatic heterocycles. The van der Waals surface area contributed by atoms with E-state index < -0.39 is 0 Å². The largest absolute Gasteiger partial charge is 0.326 e. The Kier molecular flexibility index (Phi) is 4.00. The standard InChI is InChI=1S/C15H23ClN2/c1-11(17)14(12-4-6-13(16)7-5-12)18-9-8-15(2,3)10-18/h4-7,11,14H,8-10,17H2,1-3H3. The maximum absolute atomic E-state index is 6.20. The minimum absolute atomic E-state index is 0.125. The van der Waals surface area contributed by atoms with Crippen LogP contribution in [0.5, 0.6) is 0 Å². The second-order valence-corrected chi connectivity index (χ2v) is 6.68. The van der Waals surface area contributed by atoms with Crippen LogP contribution in [0.4, 0.5) is 0 Å². The topological polar surface area (TPSA) is 29.3 Å². The van der Waals surface area contributed by atoms with Crippen LogP contribution in [0.1, 0.15) is 38.8 Å². The number of rotatable bonds is 3. The number of halogens is 1. The number of likely N-dealkylation sites (tertiary alicyclic amines) is 1.